The van der Waals surface area contributed by atoms with Crippen LogP contribution in [0.4, 0.5) is 0 Å². The van der Waals surface area contributed by atoms with Crippen LogP contribution in [0.2, 0.25) is 0 Å². The summed E-state index contributed by atoms with van der Waals surface area (Å²) in [4.78, 5) is 21.9. The van der Waals surface area contributed by atoms with Crippen LogP contribution in [0.25, 0.3) is 45.3 Å². The molecule has 5 heteroatoms. The fraction of sp³-hybridized carbons (Fsp3) is 0. The van der Waals surface area contributed by atoms with Gasteiger partial charge in [-0.05, 0) is 24.2 Å². The van der Waals surface area contributed by atoms with Gasteiger partial charge in [-0.15, -0.1) is 0 Å². The Morgan fingerprint density at radius 3 is 1.37 bits per heavy atom. The van der Waals surface area contributed by atoms with Gasteiger partial charge in [-0.3, -0.25) is 9.97 Å². The highest BCUT2D eigenvalue weighted by atomic mass is 15.0. The Morgan fingerprint density at radius 2 is 0.933 bits per heavy atom. The molecule has 0 N–H and O–H groups in total. The summed E-state index contributed by atoms with van der Waals surface area (Å²) in [6.45, 7) is 0. The third-order valence-electron chi connectivity index (χ3n) is 4.62. The summed E-state index contributed by atoms with van der Waals surface area (Å²) in [5.41, 5.74) is 4.71. The van der Waals surface area contributed by atoms with E-state index in [2.05, 4.69) is 24.9 Å². The second-order valence-electron chi connectivity index (χ2n) is 6.55. The summed E-state index contributed by atoms with van der Waals surface area (Å²) in [5, 5.41) is 0. The van der Waals surface area contributed by atoms with Crippen molar-refractivity contribution in [2.75, 3.05) is 0 Å². The Labute approximate surface area is 177 Å². The van der Waals surface area contributed by atoms with Crippen LogP contribution in [0, 0.1) is 0 Å². The molecule has 0 aliphatic rings. The first kappa shape index (κ1) is 15.6. The van der Waals surface area contributed by atoms with E-state index in [1.54, 1.807) is 36.7 Å². The number of rotatable bonds is 4. The normalized spacial score (nSPS) is 11.6. The summed E-state index contributed by atoms with van der Waals surface area (Å²) in [5.74, 6) is 1.13. The van der Waals surface area contributed by atoms with Gasteiger partial charge in [-0.1, -0.05) is 60.7 Å². The Hall–Kier alpha value is -4.25. The number of benzene rings is 2. The molecule has 2 aromatic carbocycles. The predicted octanol–water partition coefficient (Wildman–Crippen LogP) is 5.33. The molecule has 0 spiro atoms. The third kappa shape index (κ3) is 3.69. The average molecular weight is 389 g/mol. The highest BCUT2D eigenvalue weighted by Crippen LogP contribution is 2.24. The standard InChI is InChI=1S/C25H17N5/c1-3-15-26-22(5-1)18-7-11-20(12-8-18)24-28-17-29-25(30-24)21-13-9-19(10-14-21)23-6-2-4-16-27-23/h1-17H/i5D,6D. The lowest BCUT2D eigenvalue weighted by molar-refractivity contribution is 1.06. The molecule has 0 bridgehead atoms. The molecule has 0 saturated heterocycles. The quantitative estimate of drug-likeness (QED) is 0.416. The fourth-order valence-corrected chi connectivity index (χ4v) is 3.09. The predicted molar refractivity (Wildman–Crippen MR) is 117 cm³/mol. The highest BCUT2D eigenvalue weighted by Gasteiger charge is 2.08. The van der Waals surface area contributed by atoms with Crippen molar-refractivity contribution < 1.29 is 2.74 Å². The lowest BCUT2D eigenvalue weighted by atomic mass is 10.1. The minimum Gasteiger partial charge on any atom is -0.256 e. The SMILES string of the molecule is [2H]c1cccnc1-c1ccc(-c2ncnc(-c3ccc(-c4ncccc4[2H])cc3)n2)cc1. The Balaban J connectivity index is 1.43. The summed E-state index contributed by atoms with van der Waals surface area (Å²) in [7, 11) is 0. The van der Waals surface area contributed by atoms with Crippen molar-refractivity contribution in [2.24, 2.45) is 0 Å². The molecule has 142 valence electrons. The second kappa shape index (κ2) is 8.01. The van der Waals surface area contributed by atoms with E-state index < -0.39 is 0 Å². The zero-order chi connectivity index (χ0) is 21.9. The average Bonchev–Trinajstić information content (AvgIpc) is 2.85. The second-order valence-corrected chi connectivity index (χ2v) is 6.55. The fourth-order valence-electron chi connectivity index (χ4n) is 3.09. The van der Waals surface area contributed by atoms with Gasteiger partial charge in [0.05, 0.1) is 14.1 Å². The van der Waals surface area contributed by atoms with Crippen molar-refractivity contribution >= 4 is 0 Å². The van der Waals surface area contributed by atoms with E-state index in [1.165, 1.54) is 6.33 Å². The van der Waals surface area contributed by atoms with Crippen LogP contribution in [0.3, 0.4) is 0 Å². The van der Waals surface area contributed by atoms with E-state index in [9.17, 15) is 0 Å². The summed E-state index contributed by atoms with van der Waals surface area (Å²) in [6.07, 6.45) is 4.87. The Morgan fingerprint density at radius 1 is 0.500 bits per heavy atom. The van der Waals surface area contributed by atoms with Crippen LogP contribution in [0.5, 0.6) is 0 Å². The monoisotopic (exact) mass is 389 g/mol. The van der Waals surface area contributed by atoms with Gasteiger partial charge >= 0.3 is 0 Å². The Bertz CT molecular complexity index is 1280. The van der Waals surface area contributed by atoms with Crippen molar-refractivity contribution in [3.63, 3.8) is 0 Å². The molecule has 0 amide bonds. The molecule has 0 saturated carbocycles. The molecule has 5 rings (SSSR count). The van der Waals surface area contributed by atoms with Crippen molar-refractivity contribution in [3.05, 3.63) is 104 Å². The van der Waals surface area contributed by atoms with Crippen LogP contribution in [0.1, 0.15) is 2.74 Å². The number of aromatic nitrogens is 5. The number of hydrogen-bond donors (Lipinski definition) is 0. The molecule has 0 radical (unpaired) electrons. The van der Waals surface area contributed by atoms with Gasteiger partial charge in [0.1, 0.15) is 6.33 Å². The van der Waals surface area contributed by atoms with E-state index in [0.29, 0.717) is 35.1 Å². The maximum atomic E-state index is 8.02. The van der Waals surface area contributed by atoms with Crippen LogP contribution in [0.15, 0.2) is 104 Å². The minimum atomic E-state index is 0.384. The van der Waals surface area contributed by atoms with Gasteiger partial charge in [0.2, 0.25) is 0 Å². The number of nitrogens with zero attached hydrogens (tertiary/aromatic N) is 5. The Kier molecular flexibility index (Phi) is 4.18. The summed E-state index contributed by atoms with van der Waals surface area (Å²) in [6, 6.07) is 23.1. The molecule has 0 atom stereocenters. The third-order valence-corrected chi connectivity index (χ3v) is 4.62. The van der Waals surface area contributed by atoms with Gasteiger partial charge in [0.15, 0.2) is 11.6 Å². The van der Waals surface area contributed by atoms with Crippen molar-refractivity contribution in [1.29, 1.82) is 0 Å². The number of pyridine rings is 2. The largest absolute Gasteiger partial charge is 0.256 e. The lowest BCUT2D eigenvalue weighted by Gasteiger charge is -2.06. The van der Waals surface area contributed by atoms with E-state index in [0.717, 1.165) is 22.3 Å². The van der Waals surface area contributed by atoms with Crippen LogP contribution >= 0.6 is 0 Å². The molecular weight excluding hydrogens is 370 g/mol. The van der Waals surface area contributed by atoms with Crippen molar-refractivity contribution in [1.82, 2.24) is 24.9 Å². The van der Waals surface area contributed by atoms with E-state index in [1.807, 2.05) is 48.5 Å². The van der Waals surface area contributed by atoms with E-state index in [4.69, 9.17) is 2.74 Å². The molecular formula is C25H17N5. The smallest absolute Gasteiger partial charge is 0.163 e. The lowest BCUT2D eigenvalue weighted by Crippen LogP contribution is -1.95. The van der Waals surface area contributed by atoms with Gasteiger partial charge < -0.3 is 0 Å². The van der Waals surface area contributed by atoms with Crippen LogP contribution < -0.4 is 0 Å². The van der Waals surface area contributed by atoms with E-state index >= 15 is 0 Å². The van der Waals surface area contributed by atoms with Gasteiger partial charge in [-0.2, -0.15) is 0 Å². The van der Waals surface area contributed by atoms with Crippen LogP contribution in [-0.4, -0.2) is 24.9 Å². The molecule has 0 fully saturated rings. The summed E-state index contributed by atoms with van der Waals surface area (Å²) >= 11 is 0. The van der Waals surface area contributed by atoms with Crippen LogP contribution in [-0.2, 0) is 0 Å². The molecule has 0 aliphatic heterocycles. The molecule has 3 aromatic heterocycles. The van der Waals surface area contributed by atoms with Crippen molar-refractivity contribution in [2.45, 2.75) is 0 Å². The van der Waals surface area contributed by atoms with Crippen molar-refractivity contribution in [3.8, 4) is 45.3 Å². The van der Waals surface area contributed by atoms with Gasteiger partial charge in [-0.25, -0.2) is 15.0 Å². The molecule has 0 aliphatic carbocycles. The van der Waals surface area contributed by atoms with Gasteiger partial charge in [0.25, 0.3) is 0 Å². The zero-order valence-corrected chi connectivity index (χ0v) is 15.9. The topological polar surface area (TPSA) is 64.5 Å². The molecule has 5 nitrogen and oxygen atoms in total. The maximum absolute atomic E-state index is 8.02. The first-order valence-corrected chi connectivity index (χ1v) is 9.43. The highest BCUT2D eigenvalue weighted by molar-refractivity contribution is 5.68. The zero-order valence-electron chi connectivity index (χ0n) is 17.9. The molecule has 0 unspecified atom stereocenters. The maximum Gasteiger partial charge on any atom is 0.163 e. The minimum absolute atomic E-state index is 0.384. The van der Waals surface area contributed by atoms with Gasteiger partial charge in [0, 0.05) is 34.6 Å². The molecule has 5 aromatic rings. The first-order chi connectivity index (χ1) is 15.7. The number of hydrogen-bond acceptors (Lipinski definition) is 5. The summed E-state index contributed by atoms with van der Waals surface area (Å²) < 4.78 is 16.0. The first-order valence-electron chi connectivity index (χ1n) is 10.4. The molecule has 30 heavy (non-hydrogen) atoms. The van der Waals surface area contributed by atoms with E-state index in [-0.39, 0.29) is 0 Å². The molecule has 3 heterocycles.